The molecule has 88 valence electrons. The molecule has 2 bridgehead atoms. The molecule has 0 N–H and O–H groups in total. The van der Waals surface area contributed by atoms with Crippen LogP contribution >= 0.6 is 0 Å². The van der Waals surface area contributed by atoms with Crippen LogP contribution in [0.3, 0.4) is 0 Å². The predicted octanol–water partition coefficient (Wildman–Crippen LogP) is 3.72. The van der Waals surface area contributed by atoms with Crippen molar-refractivity contribution in [1.82, 2.24) is 0 Å². The van der Waals surface area contributed by atoms with Crippen molar-refractivity contribution in [3.05, 3.63) is 48.0 Å². The van der Waals surface area contributed by atoms with Crippen LogP contribution in [0.1, 0.15) is 37.2 Å². The average molecular weight is 226 g/mol. The fraction of sp³-hybridized carbons (Fsp3) is 0.438. The van der Waals surface area contributed by atoms with Crippen molar-refractivity contribution in [3.63, 3.8) is 0 Å². The normalized spacial score (nSPS) is 32.2. The van der Waals surface area contributed by atoms with Gasteiger partial charge in [-0.05, 0) is 18.4 Å². The highest BCUT2D eigenvalue weighted by Crippen LogP contribution is 2.40. The van der Waals surface area contributed by atoms with Gasteiger partial charge in [0.2, 0.25) is 0 Å². The first-order chi connectivity index (χ1) is 8.36. The molecule has 1 saturated carbocycles. The van der Waals surface area contributed by atoms with E-state index in [2.05, 4.69) is 36.4 Å². The smallest absolute Gasteiger partial charge is 0.143 e. The van der Waals surface area contributed by atoms with E-state index in [4.69, 9.17) is 0 Å². The Kier molecular flexibility index (Phi) is 2.84. The molecule has 0 amide bonds. The lowest BCUT2D eigenvalue weighted by Gasteiger charge is -2.28. The fourth-order valence-corrected chi connectivity index (χ4v) is 3.24. The van der Waals surface area contributed by atoms with Gasteiger partial charge in [-0.1, -0.05) is 55.3 Å². The van der Waals surface area contributed by atoms with E-state index in [0.29, 0.717) is 11.7 Å². The van der Waals surface area contributed by atoms with Gasteiger partial charge in [0, 0.05) is 17.8 Å². The van der Waals surface area contributed by atoms with E-state index in [1.54, 1.807) is 0 Å². The maximum atomic E-state index is 12.4. The molecule has 0 spiro atoms. The maximum Gasteiger partial charge on any atom is 0.143 e. The van der Waals surface area contributed by atoms with Crippen molar-refractivity contribution >= 4 is 5.78 Å². The standard InChI is InChI=1S/C16H18O/c17-16-13-8-4-5-9-15(16)14(11-10-13)12-6-2-1-3-7-12/h1-3,6-7,10-11,13-15H,4-5,8-9H2/t13?,14-,15?/m0/s1. The number of rotatable bonds is 1. The van der Waals surface area contributed by atoms with Gasteiger partial charge in [-0.2, -0.15) is 0 Å². The van der Waals surface area contributed by atoms with Crippen molar-refractivity contribution < 1.29 is 4.79 Å². The molecule has 0 aliphatic heterocycles. The van der Waals surface area contributed by atoms with Crippen LogP contribution < -0.4 is 0 Å². The summed E-state index contributed by atoms with van der Waals surface area (Å²) in [6.07, 6.45) is 8.97. The SMILES string of the molecule is O=C1C2C=C[C@@H](c3ccccc3)C1CCCC2. The monoisotopic (exact) mass is 226 g/mol. The molecule has 3 rings (SSSR count). The summed E-state index contributed by atoms with van der Waals surface area (Å²) in [6, 6.07) is 10.5. The quantitative estimate of drug-likeness (QED) is 0.667. The van der Waals surface area contributed by atoms with E-state index in [9.17, 15) is 4.79 Å². The summed E-state index contributed by atoms with van der Waals surface area (Å²) in [5.41, 5.74) is 1.29. The minimum absolute atomic E-state index is 0.211. The molecule has 2 aliphatic carbocycles. The second-order valence-corrected chi connectivity index (χ2v) is 5.22. The van der Waals surface area contributed by atoms with Crippen LogP contribution in [0.5, 0.6) is 0 Å². The molecular formula is C16H18O. The average Bonchev–Trinajstić information content (AvgIpc) is 2.49. The maximum absolute atomic E-state index is 12.4. The zero-order chi connectivity index (χ0) is 11.7. The van der Waals surface area contributed by atoms with Crippen LogP contribution in [0.4, 0.5) is 0 Å². The van der Waals surface area contributed by atoms with Gasteiger partial charge < -0.3 is 0 Å². The highest BCUT2D eigenvalue weighted by Gasteiger charge is 2.36. The molecule has 0 saturated heterocycles. The van der Waals surface area contributed by atoms with Gasteiger partial charge in [0.05, 0.1) is 0 Å². The van der Waals surface area contributed by atoms with Gasteiger partial charge in [-0.25, -0.2) is 0 Å². The first-order valence-corrected chi connectivity index (χ1v) is 6.63. The van der Waals surface area contributed by atoms with Crippen LogP contribution in [0.25, 0.3) is 0 Å². The van der Waals surface area contributed by atoms with Crippen LogP contribution in [0.15, 0.2) is 42.5 Å². The third-order valence-corrected chi connectivity index (χ3v) is 4.18. The summed E-state index contributed by atoms with van der Waals surface area (Å²) in [5, 5.41) is 0. The summed E-state index contributed by atoms with van der Waals surface area (Å²) in [7, 11) is 0. The first-order valence-electron chi connectivity index (χ1n) is 6.63. The summed E-state index contributed by atoms with van der Waals surface area (Å²) >= 11 is 0. The molecule has 17 heavy (non-hydrogen) atoms. The Balaban J connectivity index is 1.96. The van der Waals surface area contributed by atoms with Gasteiger partial charge in [0.1, 0.15) is 5.78 Å². The highest BCUT2D eigenvalue weighted by molar-refractivity contribution is 5.87. The molecule has 1 heteroatoms. The summed E-state index contributed by atoms with van der Waals surface area (Å²) < 4.78 is 0. The largest absolute Gasteiger partial charge is 0.299 e. The Hall–Kier alpha value is -1.37. The lowest BCUT2D eigenvalue weighted by Crippen LogP contribution is -2.29. The molecule has 0 radical (unpaired) electrons. The molecule has 1 aromatic carbocycles. The molecule has 1 fully saturated rings. The molecule has 3 atom stereocenters. The fourth-order valence-electron chi connectivity index (χ4n) is 3.24. The number of hydrogen-bond donors (Lipinski definition) is 0. The van der Waals surface area contributed by atoms with E-state index in [1.165, 1.54) is 18.4 Å². The van der Waals surface area contributed by atoms with Crippen LogP contribution in [-0.2, 0) is 4.79 Å². The predicted molar refractivity (Wildman–Crippen MR) is 68.8 cm³/mol. The van der Waals surface area contributed by atoms with Crippen molar-refractivity contribution in [3.8, 4) is 0 Å². The van der Waals surface area contributed by atoms with Gasteiger partial charge in [0.15, 0.2) is 0 Å². The van der Waals surface area contributed by atoms with Gasteiger partial charge in [-0.3, -0.25) is 4.79 Å². The summed E-state index contributed by atoms with van der Waals surface area (Å²) in [6.45, 7) is 0. The summed E-state index contributed by atoms with van der Waals surface area (Å²) in [4.78, 5) is 12.4. The van der Waals surface area contributed by atoms with Crippen LogP contribution in [0.2, 0.25) is 0 Å². The van der Waals surface area contributed by atoms with Gasteiger partial charge in [-0.15, -0.1) is 0 Å². The third-order valence-electron chi connectivity index (χ3n) is 4.18. The number of allylic oxidation sites excluding steroid dienone is 2. The Bertz CT molecular complexity index is 432. The third kappa shape index (κ3) is 1.95. The zero-order valence-corrected chi connectivity index (χ0v) is 10.0. The molecule has 1 aromatic rings. The number of carbonyl (C=O) groups excluding carboxylic acids is 1. The molecule has 0 heterocycles. The number of benzene rings is 1. The van der Waals surface area contributed by atoms with Crippen LogP contribution in [-0.4, -0.2) is 5.78 Å². The lowest BCUT2D eigenvalue weighted by atomic mass is 9.74. The van der Waals surface area contributed by atoms with E-state index in [0.717, 1.165) is 12.8 Å². The molecule has 0 aromatic heterocycles. The topological polar surface area (TPSA) is 17.1 Å². The Labute approximate surface area is 103 Å². The van der Waals surface area contributed by atoms with Crippen molar-refractivity contribution in [1.29, 1.82) is 0 Å². The zero-order valence-electron chi connectivity index (χ0n) is 10.0. The van der Waals surface area contributed by atoms with E-state index >= 15 is 0 Å². The minimum Gasteiger partial charge on any atom is -0.299 e. The van der Waals surface area contributed by atoms with E-state index in [1.807, 2.05) is 6.07 Å². The number of Topliss-reactive ketones (excluding diaryl/α,β-unsaturated/α-hetero) is 1. The second-order valence-electron chi connectivity index (χ2n) is 5.22. The highest BCUT2D eigenvalue weighted by atomic mass is 16.1. The van der Waals surface area contributed by atoms with Gasteiger partial charge in [0.25, 0.3) is 0 Å². The summed E-state index contributed by atoms with van der Waals surface area (Å²) in [5.74, 6) is 1.24. The number of ketones is 1. The number of carbonyl (C=O) groups is 1. The van der Waals surface area contributed by atoms with Crippen LogP contribution in [0, 0.1) is 11.8 Å². The van der Waals surface area contributed by atoms with Crippen molar-refractivity contribution in [2.75, 3.05) is 0 Å². The Morgan fingerprint density at radius 1 is 0.941 bits per heavy atom. The van der Waals surface area contributed by atoms with E-state index in [-0.39, 0.29) is 11.8 Å². The Morgan fingerprint density at radius 2 is 1.71 bits per heavy atom. The van der Waals surface area contributed by atoms with E-state index < -0.39 is 0 Å². The number of hydrogen-bond acceptors (Lipinski definition) is 1. The molecule has 1 nitrogen and oxygen atoms in total. The van der Waals surface area contributed by atoms with Crippen molar-refractivity contribution in [2.24, 2.45) is 11.8 Å². The second kappa shape index (κ2) is 4.48. The molecular weight excluding hydrogens is 208 g/mol. The lowest BCUT2D eigenvalue weighted by molar-refractivity contribution is -0.126. The minimum atomic E-state index is 0.211. The molecule has 2 aliphatic rings. The Morgan fingerprint density at radius 3 is 2.53 bits per heavy atom. The first kappa shape index (κ1) is 10.8. The molecule has 2 unspecified atom stereocenters. The number of fused-ring (bicyclic) bond motifs is 2. The van der Waals surface area contributed by atoms with Gasteiger partial charge >= 0.3 is 0 Å². The van der Waals surface area contributed by atoms with Crippen molar-refractivity contribution in [2.45, 2.75) is 31.6 Å².